The number of benzene rings is 4. The number of aromatic nitrogens is 1. The summed E-state index contributed by atoms with van der Waals surface area (Å²) in [4.78, 5) is 20.8. The van der Waals surface area contributed by atoms with E-state index in [-0.39, 0.29) is 12.4 Å². The molecule has 0 radical (unpaired) electrons. The Labute approximate surface area is 310 Å². The molecule has 4 aromatic carbocycles. The molecule has 0 unspecified atom stereocenters. The number of carbonyl (C=O) groups is 1. The molecule has 0 spiro atoms. The molecule has 0 N–H and O–H groups in total. The molecule has 1 aromatic heterocycles. The average molecular weight is 720 g/mol. The van der Waals surface area contributed by atoms with Gasteiger partial charge in [-0.25, -0.2) is 9.37 Å². The molecule has 0 atom stereocenters. The van der Waals surface area contributed by atoms with Crippen molar-refractivity contribution < 1.29 is 23.4 Å². The molecule has 2 heterocycles. The second-order valence-corrected chi connectivity index (χ2v) is 13.4. The van der Waals surface area contributed by atoms with E-state index in [1.807, 2.05) is 37.3 Å². The van der Waals surface area contributed by atoms with Crippen molar-refractivity contribution in [3.8, 4) is 23.1 Å². The quantitative estimate of drug-likeness (QED) is 0.0838. The van der Waals surface area contributed by atoms with E-state index in [1.54, 1.807) is 37.4 Å². The van der Waals surface area contributed by atoms with Gasteiger partial charge in [-0.15, -0.1) is 0 Å². The number of hydrogen-bond donors (Lipinski definition) is 0. The van der Waals surface area contributed by atoms with Gasteiger partial charge < -0.3 is 19.1 Å². The highest BCUT2D eigenvalue weighted by molar-refractivity contribution is 6.32. The molecule has 0 bridgehead atoms. The van der Waals surface area contributed by atoms with Crippen molar-refractivity contribution in [2.45, 2.75) is 40.3 Å². The Morgan fingerprint density at radius 3 is 2.29 bits per heavy atom. The van der Waals surface area contributed by atoms with Gasteiger partial charge in [-0.05, 0) is 90.6 Å². The smallest absolute Gasteiger partial charge is 0.219 e. The maximum atomic E-state index is 13.9. The van der Waals surface area contributed by atoms with E-state index < -0.39 is 0 Å². The Bertz CT molecular complexity index is 1970. The van der Waals surface area contributed by atoms with Crippen LogP contribution in [0.4, 0.5) is 4.39 Å². The molecule has 7 nitrogen and oxygen atoms in total. The highest BCUT2D eigenvalue weighted by Gasteiger charge is 2.22. The second-order valence-electron chi connectivity index (χ2n) is 13.0. The molecule has 0 aliphatic carbocycles. The summed E-state index contributed by atoms with van der Waals surface area (Å²) in [6, 6.07) is 29.1. The van der Waals surface area contributed by atoms with E-state index in [0.717, 1.165) is 73.6 Å². The number of pyridine rings is 1. The van der Waals surface area contributed by atoms with Crippen LogP contribution in [-0.4, -0.2) is 53.9 Å². The summed E-state index contributed by atoms with van der Waals surface area (Å²) in [5, 5.41) is 0.416. The molecule has 1 saturated heterocycles. The average Bonchev–Trinajstić information content (AvgIpc) is 3.15. The monoisotopic (exact) mass is 719 g/mol. The van der Waals surface area contributed by atoms with Crippen molar-refractivity contribution in [2.24, 2.45) is 0 Å². The zero-order valence-corrected chi connectivity index (χ0v) is 30.5. The number of halogens is 2. The summed E-state index contributed by atoms with van der Waals surface area (Å²) >= 11 is 6.77. The van der Waals surface area contributed by atoms with Crippen LogP contribution in [0, 0.1) is 26.6 Å². The first-order valence-corrected chi connectivity index (χ1v) is 17.8. The standard InChI is InChI=1S/C43H43ClFN3O4/c1-30-7-13-37(14-8-30)50-24-18-33-9-11-34(12-10-33)28-47-19-21-48(22-20-47)41(17-23-49)36-25-31(2)43(39(44)26-36)52-42-16-15-38(27-46-42)51-29-35-5-4-6-40(45)32(35)3/h4-17,23,25-27H,18-22,24,28-29H2,1-3H3/b41-17+. The van der Waals surface area contributed by atoms with Crippen molar-refractivity contribution in [3.05, 3.63) is 153 Å². The lowest BCUT2D eigenvalue weighted by atomic mass is 10.1. The zero-order valence-electron chi connectivity index (χ0n) is 29.8. The van der Waals surface area contributed by atoms with Crippen LogP contribution in [-0.2, 0) is 24.4 Å². The fourth-order valence-electron chi connectivity index (χ4n) is 6.18. The van der Waals surface area contributed by atoms with Crippen molar-refractivity contribution in [1.82, 2.24) is 14.8 Å². The maximum absolute atomic E-state index is 13.9. The van der Waals surface area contributed by atoms with Gasteiger partial charge in [0, 0.05) is 57.0 Å². The maximum Gasteiger partial charge on any atom is 0.219 e. The second kappa shape index (κ2) is 17.4. The number of nitrogens with zero attached hydrogens (tertiary/aromatic N) is 3. The van der Waals surface area contributed by atoms with Crippen LogP contribution in [0.15, 0.2) is 103 Å². The minimum absolute atomic E-state index is 0.226. The lowest BCUT2D eigenvalue weighted by Crippen LogP contribution is -2.45. The third-order valence-corrected chi connectivity index (χ3v) is 9.54. The van der Waals surface area contributed by atoms with Gasteiger partial charge in [0.2, 0.25) is 5.88 Å². The predicted octanol–water partition coefficient (Wildman–Crippen LogP) is 9.15. The number of hydrogen-bond acceptors (Lipinski definition) is 7. The molecule has 1 fully saturated rings. The SMILES string of the molecule is Cc1ccc(OCCc2ccc(CN3CCN(/C(=C/C=O)c4cc(C)c(Oc5ccc(OCc6cccc(F)c6C)cn5)c(Cl)c4)CC3)cc2)cc1. The number of carbonyl (C=O) groups excluding carboxylic acids is 1. The highest BCUT2D eigenvalue weighted by atomic mass is 35.5. The first-order valence-electron chi connectivity index (χ1n) is 17.5. The van der Waals surface area contributed by atoms with E-state index in [9.17, 15) is 9.18 Å². The third-order valence-electron chi connectivity index (χ3n) is 9.26. The number of piperazine rings is 1. The van der Waals surface area contributed by atoms with E-state index in [2.05, 4.69) is 58.1 Å². The third kappa shape index (κ3) is 9.57. The Hall–Kier alpha value is -5.18. The van der Waals surface area contributed by atoms with Gasteiger partial charge in [0.15, 0.2) is 5.75 Å². The lowest BCUT2D eigenvalue weighted by Gasteiger charge is -2.37. The molecule has 5 aromatic rings. The fraction of sp³-hybridized carbons (Fsp3) is 0.256. The lowest BCUT2D eigenvalue weighted by molar-refractivity contribution is -0.104. The summed E-state index contributed by atoms with van der Waals surface area (Å²) in [5.41, 5.74) is 7.57. The van der Waals surface area contributed by atoms with Crippen molar-refractivity contribution in [3.63, 3.8) is 0 Å². The van der Waals surface area contributed by atoms with Gasteiger partial charge in [-0.3, -0.25) is 9.69 Å². The van der Waals surface area contributed by atoms with Crippen molar-refractivity contribution in [2.75, 3.05) is 32.8 Å². The molecule has 0 saturated carbocycles. The van der Waals surface area contributed by atoms with Gasteiger partial charge in [0.25, 0.3) is 0 Å². The molecule has 1 aliphatic heterocycles. The normalized spacial score (nSPS) is 13.6. The minimum Gasteiger partial charge on any atom is -0.493 e. The minimum atomic E-state index is -0.261. The summed E-state index contributed by atoms with van der Waals surface area (Å²) in [6.45, 7) is 10.7. The molecule has 1 aliphatic rings. The summed E-state index contributed by atoms with van der Waals surface area (Å²) < 4.78 is 31.7. The van der Waals surface area contributed by atoms with Gasteiger partial charge in [0.05, 0.1) is 17.8 Å². The van der Waals surface area contributed by atoms with Crippen LogP contribution in [0.2, 0.25) is 5.02 Å². The Balaban J connectivity index is 1.01. The molecule has 268 valence electrons. The van der Waals surface area contributed by atoms with E-state index in [0.29, 0.717) is 34.6 Å². The largest absolute Gasteiger partial charge is 0.493 e. The number of allylic oxidation sites excluding steroid dienone is 1. The Morgan fingerprint density at radius 1 is 0.865 bits per heavy atom. The summed E-state index contributed by atoms with van der Waals surface area (Å²) in [7, 11) is 0. The molecule has 9 heteroatoms. The van der Waals surface area contributed by atoms with Crippen molar-refractivity contribution >= 4 is 23.6 Å². The number of aldehydes is 1. The van der Waals surface area contributed by atoms with Gasteiger partial charge in [-0.1, -0.05) is 65.7 Å². The fourth-order valence-corrected chi connectivity index (χ4v) is 6.49. The molecule has 52 heavy (non-hydrogen) atoms. The van der Waals surface area contributed by atoms with Crippen LogP contribution in [0.3, 0.4) is 0 Å². The number of ether oxygens (including phenoxy) is 3. The Kier molecular flexibility index (Phi) is 12.2. The van der Waals surface area contributed by atoms with Crippen LogP contribution in [0.5, 0.6) is 23.1 Å². The number of aryl methyl sites for hydroxylation is 2. The van der Waals surface area contributed by atoms with Crippen molar-refractivity contribution in [1.29, 1.82) is 0 Å². The van der Waals surface area contributed by atoms with E-state index >= 15 is 0 Å². The predicted molar refractivity (Wildman–Crippen MR) is 204 cm³/mol. The van der Waals surface area contributed by atoms with Crippen LogP contribution >= 0.6 is 11.6 Å². The van der Waals surface area contributed by atoms with E-state index in [1.165, 1.54) is 22.8 Å². The van der Waals surface area contributed by atoms with Crippen LogP contribution in [0.1, 0.15) is 38.9 Å². The molecule has 6 rings (SSSR count). The van der Waals surface area contributed by atoms with Gasteiger partial charge in [0.1, 0.15) is 30.2 Å². The summed E-state index contributed by atoms with van der Waals surface area (Å²) in [6.07, 6.45) is 4.85. The van der Waals surface area contributed by atoms with Gasteiger partial charge in [-0.2, -0.15) is 0 Å². The number of rotatable bonds is 14. The Morgan fingerprint density at radius 2 is 1.60 bits per heavy atom. The molecule has 0 amide bonds. The van der Waals surface area contributed by atoms with Crippen LogP contribution < -0.4 is 14.2 Å². The van der Waals surface area contributed by atoms with Gasteiger partial charge >= 0.3 is 0 Å². The first kappa shape index (κ1) is 36.6. The topological polar surface area (TPSA) is 64.1 Å². The van der Waals surface area contributed by atoms with E-state index in [4.69, 9.17) is 25.8 Å². The highest BCUT2D eigenvalue weighted by Crippen LogP contribution is 2.36. The first-order chi connectivity index (χ1) is 25.2. The zero-order chi connectivity index (χ0) is 36.5. The molecular weight excluding hydrogens is 677 g/mol. The molecular formula is C43H43ClFN3O4. The summed E-state index contributed by atoms with van der Waals surface area (Å²) in [5.74, 6) is 2.01. The van der Waals surface area contributed by atoms with Crippen LogP contribution in [0.25, 0.3) is 5.70 Å².